The van der Waals surface area contributed by atoms with E-state index in [-0.39, 0.29) is 0 Å². The molecule has 0 aromatic heterocycles. The van der Waals surface area contributed by atoms with Crippen molar-refractivity contribution in [3.63, 3.8) is 0 Å². The van der Waals surface area contributed by atoms with Crippen LogP contribution in [0.3, 0.4) is 0 Å². The summed E-state index contributed by atoms with van der Waals surface area (Å²) < 4.78 is 0. The van der Waals surface area contributed by atoms with Crippen molar-refractivity contribution in [3.8, 4) is 0 Å². The third-order valence-electron chi connectivity index (χ3n) is 3.84. The third-order valence-corrected chi connectivity index (χ3v) is 3.84. The quantitative estimate of drug-likeness (QED) is 0.658. The molecule has 16 heavy (non-hydrogen) atoms. The Morgan fingerprint density at radius 3 is 1.81 bits per heavy atom. The molecule has 0 N–H and O–H groups in total. The molecule has 0 atom stereocenters. The predicted octanol–water partition coefficient (Wildman–Crippen LogP) is 2.98. The van der Waals surface area contributed by atoms with Crippen LogP contribution in [0.25, 0.3) is 0 Å². The summed E-state index contributed by atoms with van der Waals surface area (Å²) in [6, 6.07) is 0.869. The molecule has 0 aromatic carbocycles. The largest absolute Gasteiger partial charge is 0.304 e. The highest BCUT2D eigenvalue weighted by molar-refractivity contribution is 4.77. The Kier molecular flexibility index (Phi) is 7.06. The minimum absolute atomic E-state index is 0.869. The first-order valence-corrected chi connectivity index (χ1v) is 7.20. The maximum Gasteiger partial charge on any atom is 0.0113 e. The highest BCUT2D eigenvalue weighted by Gasteiger charge is 2.21. The lowest BCUT2D eigenvalue weighted by Gasteiger charge is -2.38. The van der Waals surface area contributed by atoms with Gasteiger partial charge in [0.2, 0.25) is 0 Å². The van der Waals surface area contributed by atoms with E-state index in [9.17, 15) is 0 Å². The first kappa shape index (κ1) is 14.0. The van der Waals surface area contributed by atoms with E-state index in [0.717, 1.165) is 6.04 Å². The van der Waals surface area contributed by atoms with Crippen LogP contribution in [-0.4, -0.2) is 49.1 Å². The normalized spacial score (nSPS) is 19.5. The van der Waals surface area contributed by atoms with Crippen LogP contribution >= 0.6 is 0 Å². The second-order valence-electron chi connectivity index (χ2n) is 5.28. The standard InChI is InChI=1S/C14H30N2/c1-4-6-8-14(9-7-5-2)16-12-10-15(3)11-13-16/h14H,4-13H2,1-3H3. The smallest absolute Gasteiger partial charge is 0.0113 e. The molecule has 0 aliphatic carbocycles. The Bertz CT molecular complexity index is 154. The molecule has 0 spiro atoms. The van der Waals surface area contributed by atoms with Gasteiger partial charge in [0, 0.05) is 32.2 Å². The van der Waals surface area contributed by atoms with Gasteiger partial charge in [0.25, 0.3) is 0 Å². The molecule has 0 saturated carbocycles. The van der Waals surface area contributed by atoms with E-state index in [1.54, 1.807) is 0 Å². The van der Waals surface area contributed by atoms with Crippen molar-refractivity contribution in [2.45, 2.75) is 58.4 Å². The summed E-state index contributed by atoms with van der Waals surface area (Å²) in [6.07, 6.45) is 8.33. The molecule has 0 aromatic rings. The molecule has 0 amide bonds. The van der Waals surface area contributed by atoms with E-state index in [0.29, 0.717) is 0 Å². The van der Waals surface area contributed by atoms with E-state index in [1.807, 2.05) is 0 Å². The fourth-order valence-corrected chi connectivity index (χ4v) is 2.58. The second-order valence-corrected chi connectivity index (χ2v) is 5.28. The number of piperazine rings is 1. The Balaban J connectivity index is 2.34. The van der Waals surface area contributed by atoms with Crippen LogP contribution in [0.5, 0.6) is 0 Å². The summed E-state index contributed by atoms with van der Waals surface area (Å²) >= 11 is 0. The summed E-state index contributed by atoms with van der Waals surface area (Å²) in [7, 11) is 2.24. The van der Waals surface area contributed by atoms with Crippen molar-refractivity contribution in [2.75, 3.05) is 33.2 Å². The van der Waals surface area contributed by atoms with E-state index in [4.69, 9.17) is 0 Å². The molecule has 2 heteroatoms. The van der Waals surface area contributed by atoms with Gasteiger partial charge in [-0.05, 0) is 19.9 Å². The van der Waals surface area contributed by atoms with Gasteiger partial charge < -0.3 is 4.90 Å². The maximum absolute atomic E-state index is 2.74. The second kappa shape index (κ2) is 8.08. The fraction of sp³-hybridized carbons (Fsp3) is 1.00. The zero-order valence-corrected chi connectivity index (χ0v) is 11.5. The fourth-order valence-electron chi connectivity index (χ4n) is 2.58. The van der Waals surface area contributed by atoms with Gasteiger partial charge in [-0.1, -0.05) is 39.5 Å². The average molecular weight is 226 g/mol. The minimum atomic E-state index is 0.869. The van der Waals surface area contributed by atoms with Crippen molar-refractivity contribution < 1.29 is 0 Å². The molecule has 1 aliphatic rings. The van der Waals surface area contributed by atoms with E-state index >= 15 is 0 Å². The maximum atomic E-state index is 2.74. The molecule has 96 valence electrons. The molecular formula is C14H30N2. The summed E-state index contributed by atoms with van der Waals surface area (Å²) in [5.74, 6) is 0. The average Bonchev–Trinajstić information content (AvgIpc) is 2.31. The van der Waals surface area contributed by atoms with Crippen molar-refractivity contribution >= 4 is 0 Å². The van der Waals surface area contributed by atoms with Crippen molar-refractivity contribution in [2.24, 2.45) is 0 Å². The van der Waals surface area contributed by atoms with Gasteiger partial charge in [-0.15, -0.1) is 0 Å². The number of hydrogen-bond donors (Lipinski definition) is 0. The molecule has 1 fully saturated rings. The lowest BCUT2D eigenvalue weighted by atomic mass is 10.0. The SMILES string of the molecule is CCCCC(CCCC)N1CCN(C)CC1. The topological polar surface area (TPSA) is 6.48 Å². The molecule has 1 rings (SSSR count). The van der Waals surface area contributed by atoms with Crippen molar-refractivity contribution in [1.82, 2.24) is 9.80 Å². The predicted molar refractivity (Wildman–Crippen MR) is 71.9 cm³/mol. The lowest BCUT2D eigenvalue weighted by Crippen LogP contribution is -2.49. The number of rotatable bonds is 7. The zero-order chi connectivity index (χ0) is 11.8. The van der Waals surface area contributed by atoms with Crippen LogP contribution in [0, 0.1) is 0 Å². The first-order valence-electron chi connectivity index (χ1n) is 7.20. The van der Waals surface area contributed by atoms with Crippen LogP contribution in [0.2, 0.25) is 0 Å². The van der Waals surface area contributed by atoms with Crippen LogP contribution < -0.4 is 0 Å². The van der Waals surface area contributed by atoms with Gasteiger partial charge >= 0.3 is 0 Å². The molecule has 0 radical (unpaired) electrons. The summed E-state index contributed by atoms with van der Waals surface area (Å²) in [6.45, 7) is 9.70. The minimum Gasteiger partial charge on any atom is -0.304 e. The van der Waals surface area contributed by atoms with Gasteiger partial charge in [0.05, 0.1) is 0 Å². The molecule has 1 heterocycles. The first-order chi connectivity index (χ1) is 7.77. The highest BCUT2D eigenvalue weighted by atomic mass is 15.3. The molecule has 1 aliphatic heterocycles. The Morgan fingerprint density at radius 2 is 1.38 bits per heavy atom. The lowest BCUT2D eigenvalue weighted by molar-refractivity contribution is 0.0996. The van der Waals surface area contributed by atoms with Crippen LogP contribution in [0.4, 0.5) is 0 Å². The Hall–Kier alpha value is -0.0800. The van der Waals surface area contributed by atoms with Crippen LogP contribution in [0.1, 0.15) is 52.4 Å². The highest BCUT2D eigenvalue weighted by Crippen LogP contribution is 2.17. The number of hydrogen-bond acceptors (Lipinski definition) is 2. The van der Waals surface area contributed by atoms with E-state index in [1.165, 1.54) is 64.7 Å². The van der Waals surface area contributed by atoms with Gasteiger partial charge in [-0.3, -0.25) is 4.90 Å². The summed E-state index contributed by atoms with van der Waals surface area (Å²) in [4.78, 5) is 5.19. The summed E-state index contributed by atoms with van der Waals surface area (Å²) in [5.41, 5.74) is 0. The van der Waals surface area contributed by atoms with Gasteiger partial charge in [-0.2, -0.15) is 0 Å². The van der Waals surface area contributed by atoms with Gasteiger partial charge in [-0.25, -0.2) is 0 Å². The molecular weight excluding hydrogens is 196 g/mol. The van der Waals surface area contributed by atoms with Gasteiger partial charge in [0.15, 0.2) is 0 Å². The van der Waals surface area contributed by atoms with Crippen molar-refractivity contribution in [1.29, 1.82) is 0 Å². The monoisotopic (exact) mass is 226 g/mol. The number of nitrogens with zero attached hydrogens (tertiary/aromatic N) is 2. The number of likely N-dealkylation sites (N-methyl/N-ethyl adjacent to an activating group) is 1. The Labute approximate surface area is 102 Å². The van der Waals surface area contributed by atoms with Crippen LogP contribution in [0.15, 0.2) is 0 Å². The zero-order valence-electron chi connectivity index (χ0n) is 11.5. The van der Waals surface area contributed by atoms with E-state index < -0.39 is 0 Å². The van der Waals surface area contributed by atoms with E-state index in [2.05, 4.69) is 30.7 Å². The summed E-state index contributed by atoms with van der Waals surface area (Å²) in [5, 5.41) is 0. The molecule has 0 unspecified atom stereocenters. The van der Waals surface area contributed by atoms with Gasteiger partial charge in [0.1, 0.15) is 0 Å². The number of unbranched alkanes of at least 4 members (excludes halogenated alkanes) is 2. The molecule has 2 nitrogen and oxygen atoms in total. The molecule has 1 saturated heterocycles. The van der Waals surface area contributed by atoms with Crippen LogP contribution in [-0.2, 0) is 0 Å². The molecule has 0 bridgehead atoms. The third kappa shape index (κ3) is 4.84. The van der Waals surface area contributed by atoms with Crippen molar-refractivity contribution in [3.05, 3.63) is 0 Å². The Morgan fingerprint density at radius 1 is 0.875 bits per heavy atom.